The first kappa shape index (κ1) is 28.5. The fourth-order valence-corrected chi connectivity index (χ4v) is 8.10. The molecule has 5 heteroatoms. The molecule has 2 N–H and O–H groups in total. The van der Waals surface area contributed by atoms with E-state index in [4.69, 9.17) is 9.47 Å². The van der Waals surface area contributed by atoms with Crippen LogP contribution in [0.4, 0.5) is 0 Å². The van der Waals surface area contributed by atoms with Crippen molar-refractivity contribution in [3.05, 3.63) is 13.2 Å². The number of aliphatic hydroxyl groups is 1. The summed E-state index contributed by atoms with van der Waals surface area (Å²) in [7, 11) is 2.01. The van der Waals surface area contributed by atoms with E-state index in [9.17, 15) is 9.90 Å². The Morgan fingerprint density at radius 3 is 2.27 bits per heavy atom. The highest BCUT2D eigenvalue weighted by atomic mass is 16.7. The van der Waals surface area contributed by atoms with Gasteiger partial charge in [0.1, 0.15) is 5.78 Å². The van der Waals surface area contributed by atoms with Gasteiger partial charge in [-0.05, 0) is 101 Å². The number of carbonyl (C=O) groups is 1. The van der Waals surface area contributed by atoms with Crippen molar-refractivity contribution in [2.24, 2.45) is 34.5 Å². The van der Waals surface area contributed by atoms with Crippen LogP contribution in [0.1, 0.15) is 86.0 Å². The Morgan fingerprint density at radius 2 is 1.70 bits per heavy atom. The molecule has 5 nitrogen and oxygen atoms in total. The van der Waals surface area contributed by atoms with Gasteiger partial charge in [0.15, 0.2) is 6.29 Å². The molecule has 0 amide bonds. The van der Waals surface area contributed by atoms with Crippen LogP contribution in [0.2, 0.25) is 0 Å². The lowest BCUT2D eigenvalue weighted by atomic mass is 9.45. The monoisotopic (exact) mass is 465 g/mol. The molecule has 33 heavy (non-hydrogen) atoms. The lowest BCUT2D eigenvalue weighted by Crippen LogP contribution is -2.55. The van der Waals surface area contributed by atoms with Gasteiger partial charge in [0, 0.05) is 32.1 Å². The van der Waals surface area contributed by atoms with Gasteiger partial charge in [-0.15, -0.1) is 13.2 Å². The van der Waals surface area contributed by atoms with Crippen molar-refractivity contribution in [1.82, 2.24) is 5.32 Å². The third-order valence-electron chi connectivity index (χ3n) is 9.62. The summed E-state index contributed by atoms with van der Waals surface area (Å²) in [5.74, 6) is 3.31. The number of Topliss-reactive ketones (excluding diaryl/α,β-unsaturated/α-hetero) is 1. The lowest BCUT2D eigenvalue weighted by Gasteiger charge is -2.60. The summed E-state index contributed by atoms with van der Waals surface area (Å²) in [5.41, 5.74) is 0.629. The third kappa shape index (κ3) is 5.74. The molecule has 0 spiro atoms. The van der Waals surface area contributed by atoms with Crippen molar-refractivity contribution in [2.75, 3.05) is 20.3 Å². The van der Waals surface area contributed by atoms with Crippen LogP contribution in [0, 0.1) is 34.5 Å². The Hall–Kier alpha value is -0.750. The molecule has 192 valence electrons. The minimum absolute atomic E-state index is 0.0370. The van der Waals surface area contributed by atoms with Crippen LogP contribution in [-0.2, 0) is 14.3 Å². The van der Waals surface area contributed by atoms with Crippen molar-refractivity contribution >= 4 is 5.78 Å². The highest BCUT2D eigenvalue weighted by Gasteiger charge is 2.61. The largest absolute Gasteiger partial charge is 0.391 e. The van der Waals surface area contributed by atoms with Gasteiger partial charge in [0.05, 0.1) is 6.10 Å². The maximum atomic E-state index is 11.9. The van der Waals surface area contributed by atoms with Crippen LogP contribution in [0.25, 0.3) is 0 Å². The number of hydrogen-bond donors (Lipinski definition) is 2. The molecular weight excluding hydrogens is 414 g/mol. The van der Waals surface area contributed by atoms with E-state index in [0.29, 0.717) is 23.0 Å². The predicted molar refractivity (Wildman–Crippen MR) is 135 cm³/mol. The highest BCUT2D eigenvalue weighted by Crippen LogP contribution is 2.65. The van der Waals surface area contributed by atoms with Crippen molar-refractivity contribution in [1.29, 1.82) is 0 Å². The van der Waals surface area contributed by atoms with Gasteiger partial charge in [0.25, 0.3) is 0 Å². The Balaban J connectivity index is 0.000000330. The normalized spacial score (nSPS) is 41.6. The first-order valence-electron chi connectivity index (χ1n) is 13.3. The molecule has 0 aromatic heterocycles. The number of nitrogens with one attached hydrogen (secondary N) is 1. The summed E-state index contributed by atoms with van der Waals surface area (Å²) >= 11 is 0. The number of fused-ring (bicyclic) bond motifs is 5. The molecule has 0 aromatic carbocycles. The number of carbonyl (C=O) groups excluding carboxylic acids is 1. The van der Waals surface area contributed by atoms with E-state index in [0.717, 1.165) is 50.7 Å². The summed E-state index contributed by atoms with van der Waals surface area (Å²) in [6.07, 6.45) is 8.54. The molecule has 0 heterocycles. The highest BCUT2D eigenvalue weighted by molar-refractivity contribution is 5.79. The molecule has 8 atom stereocenters. The second-order valence-corrected chi connectivity index (χ2v) is 11.0. The molecule has 4 rings (SSSR count). The van der Waals surface area contributed by atoms with Gasteiger partial charge in [-0.2, -0.15) is 0 Å². The average Bonchev–Trinajstić information content (AvgIpc) is 3.06. The Kier molecular flexibility index (Phi) is 10.6. The van der Waals surface area contributed by atoms with Crippen molar-refractivity contribution in [2.45, 2.75) is 104 Å². The fraction of sp³-hybridized carbons (Fsp3) is 0.893. The zero-order chi connectivity index (χ0) is 24.8. The fourth-order valence-electron chi connectivity index (χ4n) is 8.10. The molecule has 4 aliphatic rings. The van der Waals surface area contributed by atoms with E-state index in [1.165, 1.54) is 25.7 Å². The van der Waals surface area contributed by atoms with Crippen LogP contribution in [0.15, 0.2) is 13.2 Å². The number of likely N-dealkylation sites (N-methyl/N-ethyl adjacent to an activating group) is 1. The van der Waals surface area contributed by atoms with Gasteiger partial charge >= 0.3 is 0 Å². The molecule has 0 aromatic rings. The summed E-state index contributed by atoms with van der Waals surface area (Å²) in [6.45, 7) is 18.2. The minimum atomic E-state index is -0.188. The zero-order valence-corrected chi connectivity index (χ0v) is 22.2. The number of ketones is 1. The summed E-state index contributed by atoms with van der Waals surface area (Å²) in [5, 5.41) is 14.0. The Labute approximate surface area is 203 Å². The van der Waals surface area contributed by atoms with Crippen LogP contribution in [0.5, 0.6) is 0 Å². The van der Waals surface area contributed by atoms with Crippen LogP contribution in [0.3, 0.4) is 0 Å². The van der Waals surface area contributed by atoms with Gasteiger partial charge in [-0.25, -0.2) is 0 Å². The summed E-state index contributed by atoms with van der Waals surface area (Å²) in [4.78, 5) is 11.9. The molecule has 0 unspecified atom stereocenters. The number of rotatable bonds is 5. The van der Waals surface area contributed by atoms with E-state index < -0.39 is 0 Å². The van der Waals surface area contributed by atoms with E-state index in [2.05, 4.69) is 32.3 Å². The molecule has 4 fully saturated rings. The maximum Gasteiger partial charge on any atom is 0.154 e. The third-order valence-corrected chi connectivity index (χ3v) is 9.62. The standard InChI is InChI=1S/C20H33NO2.C6H14O2.C2H4/c1-19-8-6-13(22)10-12(19)4-5-14-15(19)7-9-20(2)16(14)11-17(23)18(20)21-3;1-4-7-6(3)8-5-2;1-2/h12,14-18,21,23H,4-11H2,1-3H3;6H,4-5H2,1-3H3;1-2H2/t12-,14+,15-,16-,17-,18+,19-,20-;;/m0../s1. The van der Waals surface area contributed by atoms with Crippen molar-refractivity contribution in [3.63, 3.8) is 0 Å². The second-order valence-electron chi connectivity index (χ2n) is 11.0. The van der Waals surface area contributed by atoms with Gasteiger partial charge in [0.2, 0.25) is 0 Å². The molecule has 4 saturated carbocycles. The number of aliphatic hydroxyl groups excluding tert-OH is 1. The molecule has 0 aliphatic heterocycles. The minimum Gasteiger partial charge on any atom is -0.391 e. The molecule has 0 saturated heterocycles. The molecule has 4 aliphatic carbocycles. The summed E-state index contributed by atoms with van der Waals surface area (Å²) < 4.78 is 10.1. The Bertz CT molecular complexity index is 621. The van der Waals surface area contributed by atoms with Crippen LogP contribution < -0.4 is 5.32 Å². The zero-order valence-electron chi connectivity index (χ0n) is 22.2. The van der Waals surface area contributed by atoms with Crippen LogP contribution >= 0.6 is 0 Å². The molecular formula is C28H51NO4. The maximum absolute atomic E-state index is 11.9. The SMILES string of the molecule is C=C.CCOC(C)OCC.CN[C@@H]1[C@@H](O)C[C@H]2[C@@H]3CC[C@H]4CC(=O)CC[C@]4(C)[C@H]3CC[C@]12C. The van der Waals surface area contributed by atoms with E-state index in [1.54, 1.807) is 0 Å². The van der Waals surface area contributed by atoms with E-state index >= 15 is 0 Å². The topological polar surface area (TPSA) is 67.8 Å². The van der Waals surface area contributed by atoms with Gasteiger partial charge in [-0.3, -0.25) is 4.79 Å². The molecule has 0 bridgehead atoms. The second kappa shape index (κ2) is 12.3. The number of hydrogen-bond acceptors (Lipinski definition) is 5. The molecule has 0 radical (unpaired) electrons. The lowest BCUT2D eigenvalue weighted by molar-refractivity contribution is -0.138. The van der Waals surface area contributed by atoms with Crippen molar-refractivity contribution < 1.29 is 19.4 Å². The van der Waals surface area contributed by atoms with Gasteiger partial charge < -0.3 is 19.9 Å². The first-order valence-corrected chi connectivity index (χ1v) is 13.3. The van der Waals surface area contributed by atoms with E-state index in [-0.39, 0.29) is 23.9 Å². The van der Waals surface area contributed by atoms with Crippen molar-refractivity contribution in [3.8, 4) is 0 Å². The smallest absolute Gasteiger partial charge is 0.154 e. The first-order chi connectivity index (χ1) is 15.7. The quantitative estimate of drug-likeness (QED) is 0.422. The average molecular weight is 466 g/mol. The van der Waals surface area contributed by atoms with Crippen LogP contribution in [-0.4, -0.2) is 49.6 Å². The Morgan fingerprint density at radius 1 is 1.06 bits per heavy atom. The number of ether oxygens (including phenoxy) is 2. The van der Waals surface area contributed by atoms with E-state index in [1.807, 2.05) is 27.8 Å². The summed E-state index contributed by atoms with van der Waals surface area (Å²) in [6, 6.07) is 0.256. The van der Waals surface area contributed by atoms with Gasteiger partial charge in [-0.1, -0.05) is 13.8 Å². The predicted octanol–water partition coefficient (Wildman–Crippen LogP) is 5.36.